The van der Waals surface area contributed by atoms with Crippen LogP contribution in [-0.2, 0) is 20.8 Å². The molecule has 1 saturated heterocycles. The van der Waals surface area contributed by atoms with Gasteiger partial charge in [-0.05, 0) is 38.5 Å². The molecule has 1 heterocycles. The van der Waals surface area contributed by atoms with Crippen LogP contribution >= 0.6 is 0 Å². The fraction of sp³-hybridized carbons (Fsp3) is 0.600. The molecule has 1 aliphatic heterocycles. The number of alkyl halides is 3. The standard InChI is InChI=1S/C20H27F3N2O5/c1-19(2,3)30-18(27)25-9-8-24(15(13-25)11-17(26)28-4)12-14-6-5-7-16(10-14)29-20(21,22)23/h5-7,10,15H,8-9,11-13H2,1-4H3. The lowest BCUT2D eigenvalue weighted by molar-refractivity contribution is -0.274. The van der Waals surface area contributed by atoms with E-state index in [0.717, 1.165) is 0 Å². The molecule has 1 aromatic carbocycles. The summed E-state index contributed by atoms with van der Waals surface area (Å²) >= 11 is 0. The smallest absolute Gasteiger partial charge is 0.469 e. The van der Waals surface area contributed by atoms with Crippen molar-refractivity contribution < 1.29 is 37.0 Å². The molecule has 168 valence electrons. The monoisotopic (exact) mass is 432 g/mol. The van der Waals surface area contributed by atoms with E-state index >= 15 is 0 Å². The first-order valence-corrected chi connectivity index (χ1v) is 9.50. The first kappa shape index (κ1) is 23.8. The summed E-state index contributed by atoms with van der Waals surface area (Å²) in [5.41, 5.74) is -0.0531. The number of rotatable bonds is 5. The number of esters is 1. The SMILES string of the molecule is COC(=O)CC1CN(C(=O)OC(C)(C)C)CCN1Cc1cccc(OC(F)(F)F)c1. The molecule has 0 aliphatic carbocycles. The lowest BCUT2D eigenvalue weighted by Gasteiger charge is -2.41. The third kappa shape index (κ3) is 7.74. The number of benzene rings is 1. The molecule has 0 aromatic heterocycles. The summed E-state index contributed by atoms with van der Waals surface area (Å²) in [5, 5.41) is 0. The Morgan fingerprint density at radius 2 is 1.87 bits per heavy atom. The molecule has 10 heteroatoms. The second kappa shape index (κ2) is 9.55. The largest absolute Gasteiger partial charge is 0.573 e. The van der Waals surface area contributed by atoms with E-state index in [4.69, 9.17) is 9.47 Å². The van der Waals surface area contributed by atoms with Crippen LogP contribution in [-0.4, -0.2) is 66.6 Å². The highest BCUT2D eigenvalue weighted by atomic mass is 19.4. The maximum absolute atomic E-state index is 12.5. The highest BCUT2D eigenvalue weighted by molar-refractivity contribution is 5.71. The van der Waals surface area contributed by atoms with Crippen molar-refractivity contribution in [1.82, 2.24) is 9.80 Å². The molecule has 1 fully saturated rings. The Kier molecular flexibility index (Phi) is 7.57. The molecule has 1 aromatic rings. The summed E-state index contributed by atoms with van der Waals surface area (Å²) in [4.78, 5) is 27.7. The van der Waals surface area contributed by atoms with Gasteiger partial charge in [-0.25, -0.2) is 4.79 Å². The minimum atomic E-state index is -4.77. The molecular formula is C20H27F3N2O5. The van der Waals surface area contributed by atoms with Gasteiger partial charge in [0.1, 0.15) is 11.4 Å². The fourth-order valence-corrected chi connectivity index (χ4v) is 3.14. The van der Waals surface area contributed by atoms with Crippen LogP contribution < -0.4 is 4.74 Å². The lowest BCUT2D eigenvalue weighted by Crippen LogP contribution is -2.55. The Bertz CT molecular complexity index is 749. The third-order valence-electron chi connectivity index (χ3n) is 4.40. The number of carbonyl (C=O) groups excluding carboxylic acids is 2. The van der Waals surface area contributed by atoms with Crippen LogP contribution in [0.4, 0.5) is 18.0 Å². The van der Waals surface area contributed by atoms with E-state index in [-0.39, 0.29) is 24.8 Å². The molecule has 1 atom stereocenters. The van der Waals surface area contributed by atoms with Gasteiger partial charge in [-0.3, -0.25) is 9.69 Å². The van der Waals surface area contributed by atoms with E-state index in [2.05, 4.69) is 4.74 Å². The molecule has 1 aliphatic rings. The van der Waals surface area contributed by atoms with Crippen molar-refractivity contribution in [2.45, 2.75) is 51.7 Å². The molecule has 0 spiro atoms. The molecule has 0 bridgehead atoms. The average Bonchev–Trinajstić information content (AvgIpc) is 2.60. The first-order chi connectivity index (χ1) is 13.9. The van der Waals surface area contributed by atoms with E-state index in [9.17, 15) is 22.8 Å². The van der Waals surface area contributed by atoms with Crippen LogP contribution in [0.2, 0.25) is 0 Å². The van der Waals surface area contributed by atoms with Crippen LogP contribution in [0.1, 0.15) is 32.8 Å². The van der Waals surface area contributed by atoms with Crippen molar-refractivity contribution in [3.63, 3.8) is 0 Å². The van der Waals surface area contributed by atoms with Gasteiger partial charge in [0.25, 0.3) is 0 Å². The fourth-order valence-electron chi connectivity index (χ4n) is 3.14. The van der Waals surface area contributed by atoms with E-state index in [0.29, 0.717) is 25.2 Å². The molecule has 0 N–H and O–H groups in total. The van der Waals surface area contributed by atoms with E-state index < -0.39 is 24.0 Å². The predicted molar refractivity (Wildman–Crippen MR) is 102 cm³/mol. The molecule has 0 saturated carbocycles. The maximum atomic E-state index is 12.5. The van der Waals surface area contributed by atoms with Gasteiger partial charge in [0.2, 0.25) is 0 Å². The number of piperazine rings is 1. The van der Waals surface area contributed by atoms with Gasteiger partial charge < -0.3 is 19.1 Å². The average molecular weight is 432 g/mol. The van der Waals surface area contributed by atoms with Crippen LogP contribution in [0.25, 0.3) is 0 Å². The Hall–Kier alpha value is -2.49. The van der Waals surface area contributed by atoms with Gasteiger partial charge in [0, 0.05) is 32.2 Å². The summed E-state index contributed by atoms with van der Waals surface area (Å²) in [6, 6.07) is 5.32. The van der Waals surface area contributed by atoms with E-state index in [1.54, 1.807) is 26.8 Å². The summed E-state index contributed by atoms with van der Waals surface area (Å²) in [6.45, 7) is 6.62. The van der Waals surface area contributed by atoms with Crippen molar-refractivity contribution in [2.24, 2.45) is 0 Å². The number of hydrogen-bond donors (Lipinski definition) is 0. The van der Waals surface area contributed by atoms with E-state index in [1.807, 2.05) is 4.90 Å². The highest BCUT2D eigenvalue weighted by Crippen LogP contribution is 2.25. The lowest BCUT2D eigenvalue weighted by atomic mass is 10.1. The molecule has 1 unspecified atom stereocenters. The van der Waals surface area contributed by atoms with Gasteiger partial charge >= 0.3 is 18.4 Å². The van der Waals surface area contributed by atoms with Crippen molar-refractivity contribution >= 4 is 12.1 Å². The van der Waals surface area contributed by atoms with E-state index in [1.165, 1.54) is 30.2 Å². The Morgan fingerprint density at radius 3 is 2.47 bits per heavy atom. The van der Waals surface area contributed by atoms with Crippen LogP contribution in [0, 0.1) is 0 Å². The van der Waals surface area contributed by atoms with Crippen molar-refractivity contribution in [1.29, 1.82) is 0 Å². The molecule has 0 radical (unpaired) electrons. The number of methoxy groups -OCH3 is 1. The normalized spacial score (nSPS) is 18.1. The Labute approximate surface area is 173 Å². The number of nitrogens with zero attached hydrogens (tertiary/aromatic N) is 2. The van der Waals surface area contributed by atoms with Crippen molar-refractivity contribution in [3.8, 4) is 5.75 Å². The van der Waals surface area contributed by atoms with Gasteiger partial charge in [0.05, 0.1) is 13.5 Å². The zero-order chi connectivity index (χ0) is 22.5. The van der Waals surface area contributed by atoms with Gasteiger partial charge in [-0.2, -0.15) is 0 Å². The topological polar surface area (TPSA) is 68.3 Å². The summed E-state index contributed by atoms with van der Waals surface area (Å²) in [5.74, 6) is -0.748. The first-order valence-electron chi connectivity index (χ1n) is 9.50. The Morgan fingerprint density at radius 1 is 1.17 bits per heavy atom. The quantitative estimate of drug-likeness (QED) is 0.663. The number of carbonyl (C=O) groups is 2. The molecule has 30 heavy (non-hydrogen) atoms. The zero-order valence-corrected chi connectivity index (χ0v) is 17.5. The number of halogens is 3. The minimum absolute atomic E-state index is 0.0362. The van der Waals surface area contributed by atoms with Gasteiger partial charge in [-0.1, -0.05) is 12.1 Å². The molecule has 7 nitrogen and oxygen atoms in total. The van der Waals surface area contributed by atoms with Crippen LogP contribution in [0.5, 0.6) is 5.75 Å². The number of amides is 1. The van der Waals surface area contributed by atoms with Crippen molar-refractivity contribution in [2.75, 3.05) is 26.7 Å². The molecule has 1 amide bonds. The molecule has 2 rings (SSSR count). The highest BCUT2D eigenvalue weighted by Gasteiger charge is 2.34. The minimum Gasteiger partial charge on any atom is -0.469 e. The van der Waals surface area contributed by atoms with Crippen molar-refractivity contribution in [3.05, 3.63) is 29.8 Å². The number of ether oxygens (including phenoxy) is 3. The second-order valence-electron chi connectivity index (χ2n) is 8.03. The second-order valence-corrected chi connectivity index (χ2v) is 8.03. The zero-order valence-electron chi connectivity index (χ0n) is 17.5. The third-order valence-corrected chi connectivity index (χ3v) is 4.40. The maximum Gasteiger partial charge on any atom is 0.573 e. The van der Waals surface area contributed by atoms with Gasteiger partial charge in [-0.15, -0.1) is 13.2 Å². The van der Waals surface area contributed by atoms with Gasteiger partial charge in [0.15, 0.2) is 0 Å². The molecular weight excluding hydrogens is 405 g/mol. The predicted octanol–water partition coefficient (Wildman–Crippen LogP) is 3.57. The Balaban J connectivity index is 2.11. The summed E-state index contributed by atoms with van der Waals surface area (Å²) < 4.78 is 51.6. The summed E-state index contributed by atoms with van der Waals surface area (Å²) in [7, 11) is 1.28. The number of hydrogen-bond acceptors (Lipinski definition) is 6. The van der Waals surface area contributed by atoms with Crippen LogP contribution in [0.3, 0.4) is 0 Å². The summed E-state index contributed by atoms with van der Waals surface area (Å²) in [6.07, 6.45) is -5.21. The van der Waals surface area contributed by atoms with Crippen LogP contribution in [0.15, 0.2) is 24.3 Å².